The Morgan fingerprint density at radius 3 is 2.32 bits per heavy atom. The van der Waals surface area contributed by atoms with E-state index in [2.05, 4.69) is 5.10 Å². The van der Waals surface area contributed by atoms with Gasteiger partial charge < -0.3 is 5.73 Å². The summed E-state index contributed by atoms with van der Waals surface area (Å²) in [6, 6.07) is 0. The second-order valence-electron chi connectivity index (χ2n) is 4.91. The topological polar surface area (TPSA) is 81.2 Å². The fourth-order valence-electron chi connectivity index (χ4n) is 2.38. The third kappa shape index (κ3) is 3.09. The first-order valence-electron chi connectivity index (χ1n) is 6.88. The van der Waals surface area contributed by atoms with Crippen molar-refractivity contribution >= 4 is 15.8 Å². The van der Waals surface area contributed by atoms with E-state index in [-0.39, 0.29) is 10.7 Å². The van der Waals surface area contributed by atoms with Gasteiger partial charge in [0.2, 0.25) is 10.0 Å². The zero-order chi connectivity index (χ0) is 13.9. The van der Waals surface area contributed by atoms with Crippen LogP contribution in [0.5, 0.6) is 0 Å². The second-order valence-corrected chi connectivity index (χ2v) is 6.81. The van der Waals surface area contributed by atoms with E-state index in [9.17, 15) is 8.42 Å². The molecular weight excluding hydrogens is 264 g/mol. The zero-order valence-electron chi connectivity index (χ0n) is 11.4. The molecule has 0 spiro atoms. The number of nitrogens with two attached hydrogens (primary N) is 1. The summed E-state index contributed by atoms with van der Waals surface area (Å²) in [6.45, 7) is 3.68. The van der Waals surface area contributed by atoms with Gasteiger partial charge in [0.1, 0.15) is 4.90 Å². The Bertz CT molecular complexity index is 516. The lowest BCUT2D eigenvalue weighted by atomic mass is 10.1. The molecule has 0 bridgehead atoms. The van der Waals surface area contributed by atoms with Crippen LogP contribution in [0.3, 0.4) is 0 Å². The third-order valence-electron chi connectivity index (χ3n) is 3.51. The average molecular weight is 286 g/mol. The van der Waals surface area contributed by atoms with Crippen LogP contribution in [-0.4, -0.2) is 35.6 Å². The lowest BCUT2D eigenvalue weighted by molar-refractivity contribution is 0.364. The maximum atomic E-state index is 12.6. The predicted molar refractivity (Wildman–Crippen MR) is 74.2 cm³/mol. The van der Waals surface area contributed by atoms with Gasteiger partial charge in [-0.3, -0.25) is 4.68 Å². The van der Waals surface area contributed by atoms with Crippen LogP contribution in [0, 0.1) is 0 Å². The summed E-state index contributed by atoms with van der Waals surface area (Å²) < 4.78 is 28.3. The SMILES string of the molecule is CCn1cc(S(=O)(=O)N2CCCCCCC2)c(N)n1. The number of hydrogen-bond acceptors (Lipinski definition) is 4. The van der Waals surface area contributed by atoms with Gasteiger partial charge in [0.05, 0.1) is 0 Å². The molecule has 1 aromatic heterocycles. The van der Waals surface area contributed by atoms with Gasteiger partial charge in [0.15, 0.2) is 5.82 Å². The number of rotatable bonds is 3. The quantitative estimate of drug-likeness (QED) is 0.911. The van der Waals surface area contributed by atoms with E-state index in [0.29, 0.717) is 19.6 Å². The summed E-state index contributed by atoms with van der Waals surface area (Å²) in [7, 11) is -3.50. The number of hydrogen-bond donors (Lipinski definition) is 1. The van der Waals surface area contributed by atoms with Crippen LogP contribution in [0.25, 0.3) is 0 Å². The van der Waals surface area contributed by atoms with Crippen molar-refractivity contribution in [2.45, 2.75) is 50.5 Å². The van der Waals surface area contributed by atoms with Crippen LogP contribution in [0.1, 0.15) is 39.0 Å². The molecule has 2 heterocycles. The van der Waals surface area contributed by atoms with Gasteiger partial charge in [-0.05, 0) is 19.8 Å². The largest absolute Gasteiger partial charge is 0.381 e. The molecule has 0 amide bonds. The molecule has 1 aliphatic heterocycles. The Morgan fingerprint density at radius 2 is 1.79 bits per heavy atom. The molecular formula is C12H22N4O2S. The summed E-state index contributed by atoms with van der Waals surface area (Å²) in [5.41, 5.74) is 5.74. The highest BCUT2D eigenvalue weighted by Gasteiger charge is 2.28. The predicted octanol–water partition coefficient (Wildman–Crippen LogP) is 1.44. The van der Waals surface area contributed by atoms with E-state index in [1.165, 1.54) is 12.6 Å². The summed E-state index contributed by atoms with van der Waals surface area (Å²) in [5.74, 6) is 0.101. The minimum atomic E-state index is -3.50. The summed E-state index contributed by atoms with van der Waals surface area (Å²) in [5, 5.41) is 4.02. The van der Waals surface area contributed by atoms with E-state index in [4.69, 9.17) is 5.73 Å². The lowest BCUT2D eigenvalue weighted by Gasteiger charge is -2.23. The molecule has 0 atom stereocenters. The third-order valence-corrected chi connectivity index (χ3v) is 5.43. The van der Waals surface area contributed by atoms with Gasteiger partial charge in [-0.2, -0.15) is 9.40 Å². The van der Waals surface area contributed by atoms with Crippen LogP contribution in [0.2, 0.25) is 0 Å². The smallest absolute Gasteiger partial charge is 0.248 e. The number of nitrogens with zero attached hydrogens (tertiary/aromatic N) is 3. The Hall–Kier alpha value is -1.08. The number of anilines is 1. The zero-order valence-corrected chi connectivity index (χ0v) is 12.2. The molecule has 0 saturated carbocycles. The molecule has 1 aliphatic rings. The number of sulfonamides is 1. The summed E-state index contributed by atoms with van der Waals surface area (Å²) in [6.07, 6.45) is 6.75. The molecule has 0 radical (unpaired) electrons. The Morgan fingerprint density at radius 1 is 1.21 bits per heavy atom. The molecule has 19 heavy (non-hydrogen) atoms. The number of aryl methyl sites for hydroxylation is 1. The molecule has 108 valence electrons. The van der Waals surface area contributed by atoms with Gasteiger partial charge in [0.25, 0.3) is 0 Å². The maximum Gasteiger partial charge on any atom is 0.248 e. The van der Waals surface area contributed by atoms with Crippen LogP contribution in [-0.2, 0) is 16.6 Å². The van der Waals surface area contributed by atoms with E-state index in [1.54, 1.807) is 8.99 Å². The fraction of sp³-hybridized carbons (Fsp3) is 0.750. The summed E-state index contributed by atoms with van der Waals surface area (Å²) in [4.78, 5) is 0.148. The van der Waals surface area contributed by atoms with Crippen molar-refractivity contribution in [1.82, 2.24) is 14.1 Å². The first kappa shape index (κ1) is 14.3. The highest BCUT2D eigenvalue weighted by Crippen LogP contribution is 2.23. The highest BCUT2D eigenvalue weighted by molar-refractivity contribution is 7.89. The molecule has 6 nitrogen and oxygen atoms in total. The van der Waals surface area contributed by atoms with Crippen LogP contribution in [0.4, 0.5) is 5.82 Å². The molecule has 7 heteroatoms. The van der Waals surface area contributed by atoms with Gasteiger partial charge in [-0.25, -0.2) is 8.42 Å². The van der Waals surface area contributed by atoms with Crippen molar-refractivity contribution < 1.29 is 8.42 Å². The van der Waals surface area contributed by atoms with Crippen molar-refractivity contribution in [2.75, 3.05) is 18.8 Å². The highest BCUT2D eigenvalue weighted by atomic mass is 32.2. The molecule has 1 saturated heterocycles. The van der Waals surface area contributed by atoms with Crippen molar-refractivity contribution in [1.29, 1.82) is 0 Å². The fourth-order valence-corrected chi connectivity index (χ4v) is 3.95. The molecule has 0 aliphatic carbocycles. The van der Waals surface area contributed by atoms with Crippen molar-refractivity contribution in [2.24, 2.45) is 0 Å². The lowest BCUT2D eigenvalue weighted by Crippen LogP contribution is -2.34. The normalized spacial score (nSPS) is 19.0. The van der Waals surface area contributed by atoms with E-state index in [1.807, 2.05) is 6.92 Å². The van der Waals surface area contributed by atoms with Gasteiger partial charge in [-0.1, -0.05) is 19.3 Å². The molecule has 1 fully saturated rings. The number of aromatic nitrogens is 2. The van der Waals surface area contributed by atoms with Gasteiger partial charge in [-0.15, -0.1) is 0 Å². The second kappa shape index (κ2) is 5.92. The van der Waals surface area contributed by atoms with Crippen LogP contribution >= 0.6 is 0 Å². The van der Waals surface area contributed by atoms with Crippen molar-refractivity contribution in [3.8, 4) is 0 Å². The van der Waals surface area contributed by atoms with Gasteiger partial charge >= 0.3 is 0 Å². The number of nitrogen functional groups attached to an aromatic ring is 1. The maximum absolute atomic E-state index is 12.6. The first-order chi connectivity index (χ1) is 9.05. The monoisotopic (exact) mass is 286 g/mol. The Balaban J connectivity index is 2.26. The Labute approximate surface area is 114 Å². The minimum Gasteiger partial charge on any atom is -0.381 e. The molecule has 0 unspecified atom stereocenters. The Kier molecular flexibility index (Phi) is 4.46. The van der Waals surface area contributed by atoms with E-state index < -0.39 is 10.0 Å². The first-order valence-corrected chi connectivity index (χ1v) is 8.33. The molecule has 2 rings (SSSR count). The molecule has 1 aromatic rings. The van der Waals surface area contributed by atoms with Gasteiger partial charge in [0, 0.05) is 25.8 Å². The molecule has 2 N–H and O–H groups in total. The van der Waals surface area contributed by atoms with Crippen LogP contribution in [0.15, 0.2) is 11.1 Å². The summed E-state index contributed by atoms with van der Waals surface area (Å²) >= 11 is 0. The van der Waals surface area contributed by atoms with E-state index in [0.717, 1.165) is 25.7 Å². The van der Waals surface area contributed by atoms with E-state index >= 15 is 0 Å². The van der Waals surface area contributed by atoms with Crippen molar-refractivity contribution in [3.05, 3.63) is 6.20 Å². The average Bonchev–Trinajstić information content (AvgIpc) is 2.70. The minimum absolute atomic E-state index is 0.101. The standard InChI is InChI=1S/C12H22N4O2S/c1-2-15-10-11(12(13)14-15)19(17,18)16-8-6-4-3-5-7-9-16/h10H,2-9H2,1H3,(H2,13,14). The van der Waals surface area contributed by atoms with Crippen LogP contribution < -0.4 is 5.73 Å². The molecule has 0 aromatic carbocycles. The van der Waals surface area contributed by atoms with Crippen molar-refractivity contribution in [3.63, 3.8) is 0 Å².